The van der Waals surface area contributed by atoms with Gasteiger partial charge in [0.1, 0.15) is 0 Å². The van der Waals surface area contributed by atoms with Crippen molar-refractivity contribution in [1.82, 2.24) is 0 Å². The molecule has 0 radical (unpaired) electrons. The highest BCUT2D eigenvalue weighted by Gasteiger charge is 2.17. The molecule has 190 valence electrons. The molecule has 0 aromatic heterocycles. The first-order chi connectivity index (χ1) is 20.2. The molecule has 0 aliphatic rings. The van der Waals surface area contributed by atoms with Gasteiger partial charge >= 0.3 is 0 Å². The van der Waals surface area contributed by atoms with Crippen molar-refractivity contribution < 1.29 is 0 Å². The number of nitriles is 2. The predicted molar refractivity (Wildman–Crippen MR) is 165 cm³/mol. The number of hydrogen-bond donors (Lipinski definition) is 0. The maximum absolute atomic E-state index is 9.75. The molecule has 0 saturated carbocycles. The first kappa shape index (κ1) is 25.1. The fourth-order valence-corrected chi connectivity index (χ4v) is 5.15. The molecule has 0 heterocycles. The van der Waals surface area contributed by atoms with Crippen LogP contribution in [-0.2, 0) is 0 Å². The zero-order chi connectivity index (χ0) is 28.2. The molecule has 6 aromatic rings. The molecule has 41 heavy (non-hydrogen) atoms. The first-order valence-corrected chi connectivity index (χ1v) is 13.1. The van der Waals surface area contributed by atoms with Gasteiger partial charge in [-0.3, -0.25) is 0 Å². The minimum Gasteiger partial charge on any atom is -0.310 e. The van der Waals surface area contributed by atoms with Crippen molar-refractivity contribution in [2.75, 3.05) is 4.90 Å². The summed E-state index contributed by atoms with van der Waals surface area (Å²) in [5.74, 6) is 0. The lowest BCUT2D eigenvalue weighted by Crippen LogP contribution is -2.10. The van der Waals surface area contributed by atoms with E-state index in [4.69, 9.17) is 6.57 Å². The molecule has 0 fully saturated rings. The lowest BCUT2D eigenvalue weighted by Gasteiger charge is -2.27. The second-order valence-corrected chi connectivity index (χ2v) is 9.58. The second kappa shape index (κ2) is 10.9. The van der Waals surface area contributed by atoms with Crippen LogP contribution in [0, 0.1) is 29.2 Å². The van der Waals surface area contributed by atoms with Crippen LogP contribution in [0.25, 0.3) is 37.9 Å². The molecule has 6 rings (SSSR count). The summed E-state index contributed by atoms with van der Waals surface area (Å²) < 4.78 is 0. The summed E-state index contributed by atoms with van der Waals surface area (Å²) in [5, 5.41) is 21.1. The van der Waals surface area contributed by atoms with Gasteiger partial charge in [-0.25, -0.2) is 4.85 Å². The Morgan fingerprint density at radius 2 is 1.12 bits per heavy atom. The van der Waals surface area contributed by atoms with Crippen LogP contribution in [0.3, 0.4) is 0 Å². The van der Waals surface area contributed by atoms with Crippen LogP contribution < -0.4 is 4.90 Å². The van der Waals surface area contributed by atoms with Crippen molar-refractivity contribution in [1.29, 1.82) is 10.5 Å². The molecule has 0 atom stereocenters. The summed E-state index contributed by atoms with van der Waals surface area (Å²) in [6.07, 6.45) is 0. The van der Waals surface area contributed by atoms with Gasteiger partial charge in [-0.15, -0.1) is 0 Å². The van der Waals surface area contributed by atoms with Crippen molar-refractivity contribution in [3.8, 4) is 34.4 Å². The van der Waals surface area contributed by atoms with Crippen molar-refractivity contribution in [3.63, 3.8) is 0 Å². The van der Waals surface area contributed by atoms with E-state index in [2.05, 4.69) is 58.3 Å². The number of nitrogens with zero attached hydrogens (tertiary/aromatic N) is 4. The third-order valence-electron chi connectivity index (χ3n) is 7.13. The molecule has 0 aliphatic heterocycles. The Hall–Kier alpha value is -6.15. The molecular formula is C37H22N4. The van der Waals surface area contributed by atoms with E-state index in [1.807, 2.05) is 78.9 Å². The fraction of sp³-hybridized carbons (Fsp3) is 0. The molecule has 6 aromatic carbocycles. The maximum Gasteiger partial charge on any atom is 0.189 e. The van der Waals surface area contributed by atoms with E-state index in [-0.39, 0.29) is 0 Å². The van der Waals surface area contributed by atoms with Crippen LogP contribution >= 0.6 is 0 Å². The van der Waals surface area contributed by atoms with Crippen LogP contribution in [0.4, 0.5) is 22.7 Å². The van der Waals surface area contributed by atoms with Crippen molar-refractivity contribution in [2.24, 2.45) is 0 Å². The van der Waals surface area contributed by atoms with Crippen LogP contribution in [0.15, 0.2) is 133 Å². The number of benzene rings is 6. The molecule has 0 saturated heterocycles. The summed E-state index contributed by atoms with van der Waals surface area (Å²) in [4.78, 5) is 5.72. The molecule has 0 N–H and O–H groups in total. The summed E-state index contributed by atoms with van der Waals surface area (Å²) in [7, 11) is 0. The van der Waals surface area contributed by atoms with Gasteiger partial charge in [-0.05, 0) is 76.9 Å². The van der Waals surface area contributed by atoms with Gasteiger partial charge < -0.3 is 4.90 Å². The minimum absolute atomic E-state index is 0.437. The highest BCUT2D eigenvalue weighted by atomic mass is 15.1. The molecule has 4 nitrogen and oxygen atoms in total. The third-order valence-corrected chi connectivity index (χ3v) is 7.13. The van der Waals surface area contributed by atoms with E-state index in [9.17, 15) is 10.5 Å². The quantitative estimate of drug-likeness (QED) is 0.212. The summed E-state index contributed by atoms with van der Waals surface area (Å²) in [5.41, 5.74) is 8.43. The zero-order valence-corrected chi connectivity index (χ0v) is 22.0. The monoisotopic (exact) mass is 522 g/mol. The van der Waals surface area contributed by atoms with E-state index in [1.165, 1.54) is 0 Å². The van der Waals surface area contributed by atoms with Crippen LogP contribution in [0.5, 0.6) is 0 Å². The van der Waals surface area contributed by atoms with E-state index in [0.29, 0.717) is 16.8 Å². The smallest absolute Gasteiger partial charge is 0.189 e. The average molecular weight is 523 g/mol. The Kier molecular flexibility index (Phi) is 6.69. The minimum atomic E-state index is 0.437. The highest BCUT2D eigenvalue weighted by Crippen LogP contribution is 2.41. The van der Waals surface area contributed by atoms with Crippen molar-refractivity contribution >= 4 is 33.5 Å². The SMILES string of the molecule is [C-]#[N+]c1cc(C#N)cc(-c2ccc(N(c3ccc(-c4ccccc4)cc3)c3ccc(C#N)c4ccccc34)cc2)c1. The summed E-state index contributed by atoms with van der Waals surface area (Å²) >= 11 is 0. The lowest BCUT2D eigenvalue weighted by molar-refractivity contribution is 1.30. The Labute approximate surface area is 239 Å². The van der Waals surface area contributed by atoms with Gasteiger partial charge in [-0.1, -0.05) is 78.9 Å². The van der Waals surface area contributed by atoms with Crippen molar-refractivity contribution in [2.45, 2.75) is 0 Å². The van der Waals surface area contributed by atoms with Gasteiger partial charge in [0.25, 0.3) is 0 Å². The van der Waals surface area contributed by atoms with E-state index >= 15 is 0 Å². The number of anilines is 3. The molecule has 0 bridgehead atoms. The Morgan fingerprint density at radius 1 is 0.537 bits per heavy atom. The number of rotatable bonds is 5. The van der Waals surface area contributed by atoms with Gasteiger partial charge in [0, 0.05) is 27.7 Å². The maximum atomic E-state index is 9.75. The van der Waals surface area contributed by atoms with Crippen LogP contribution in [-0.4, -0.2) is 0 Å². The Bertz CT molecular complexity index is 1970. The van der Waals surface area contributed by atoms with Crippen molar-refractivity contribution in [3.05, 3.63) is 156 Å². The normalized spacial score (nSPS) is 10.4. The van der Waals surface area contributed by atoms with Gasteiger partial charge in [0.05, 0.1) is 30.0 Å². The standard InChI is InChI=1S/C37H22N4/c1-40-32-22-26(24-38)21-31(23-32)29-13-18-34(19-14-29)41(33-16-11-28(12-17-33)27-7-3-2-4-8-27)37-20-15-30(25-39)35-9-5-6-10-36(35)37/h2-23H. The van der Waals surface area contributed by atoms with Gasteiger partial charge in [0.15, 0.2) is 5.69 Å². The Balaban J connectivity index is 1.49. The third kappa shape index (κ3) is 4.88. The summed E-state index contributed by atoms with van der Waals surface area (Å²) in [6.45, 7) is 7.41. The number of fused-ring (bicyclic) bond motifs is 1. The van der Waals surface area contributed by atoms with Gasteiger partial charge in [-0.2, -0.15) is 10.5 Å². The zero-order valence-electron chi connectivity index (χ0n) is 22.0. The second-order valence-electron chi connectivity index (χ2n) is 9.58. The molecule has 0 amide bonds. The van der Waals surface area contributed by atoms with E-state index in [1.54, 1.807) is 18.2 Å². The molecule has 0 aliphatic carbocycles. The predicted octanol–water partition coefficient (Wildman–Crippen LogP) is 9.94. The van der Waals surface area contributed by atoms with Crippen LogP contribution in [0.2, 0.25) is 0 Å². The lowest BCUT2D eigenvalue weighted by atomic mass is 10.00. The molecule has 4 heteroatoms. The van der Waals surface area contributed by atoms with Gasteiger partial charge in [0.2, 0.25) is 0 Å². The topological polar surface area (TPSA) is 55.2 Å². The molecule has 0 unspecified atom stereocenters. The van der Waals surface area contributed by atoms with E-state index in [0.717, 1.165) is 50.1 Å². The molecular weight excluding hydrogens is 500 g/mol. The fourth-order valence-electron chi connectivity index (χ4n) is 5.15. The largest absolute Gasteiger partial charge is 0.310 e. The van der Waals surface area contributed by atoms with Crippen LogP contribution in [0.1, 0.15) is 11.1 Å². The average Bonchev–Trinajstić information content (AvgIpc) is 3.05. The first-order valence-electron chi connectivity index (χ1n) is 13.1. The molecule has 0 spiro atoms. The van der Waals surface area contributed by atoms with E-state index < -0.39 is 0 Å². The number of hydrogen-bond acceptors (Lipinski definition) is 3. The highest BCUT2D eigenvalue weighted by molar-refractivity contribution is 6.01. The summed E-state index contributed by atoms with van der Waals surface area (Å²) in [6, 6.07) is 48.4. The Morgan fingerprint density at radius 3 is 1.73 bits per heavy atom.